The molecule has 94 valence electrons. The maximum atomic E-state index is 13.5. The van der Waals surface area contributed by atoms with E-state index in [4.69, 9.17) is 0 Å². The summed E-state index contributed by atoms with van der Waals surface area (Å²) < 4.78 is 35.5. The molecule has 4 nitrogen and oxygen atoms in total. The van der Waals surface area contributed by atoms with Crippen molar-refractivity contribution in [2.45, 2.75) is 6.42 Å². The lowest BCUT2D eigenvalue weighted by Gasteiger charge is -2.21. The molecule has 1 aliphatic heterocycles. The van der Waals surface area contributed by atoms with Crippen molar-refractivity contribution in [2.75, 3.05) is 0 Å². The van der Waals surface area contributed by atoms with Crippen LogP contribution < -0.4 is 5.06 Å². The van der Waals surface area contributed by atoms with Crippen molar-refractivity contribution >= 4 is 15.3 Å². The summed E-state index contributed by atoms with van der Waals surface area (Å²) in [7, 11) is -2.62. The van der Waals surface area contributed by atoms with Gasteiger partial charge in [-0.2, -0.15) is 8.42 Å². The minimum Gasteiger partial charge on any atom is -0.623 e. The molecule has 18 heavy (non-hydrogen) atoms. The Balaban J connectivity index is 2.40. The van der Waals surface area contributed by atoms with Gasteiger partial charge >= 0.3 is 0 Å². The molecule has 1 atom stereocenters. The topological polar surface area (TPSA) is 61.6 Å². The fraction of sp³-hybridized carbons (Fsp3) is 0.0833. The number of allylic oxidation sites excluding steroid dienone is 2. The normalized spacial score (nSPS) is 18.7. The predicted molar refractivity (Wildman–Crippen MR) is 65.6 cm³/mol. The van der Waals surface area contributed by atoms with Gasteiger partial charge in [0, 0.05) is 12.0 Å². The lowest BCUT2D eigenvalue weighted by atomic mass is 10.0. The lowest BCUT2D eigenvalue weighted by Crippen LogP contribution is -3.06. The number of hydrogen-bond donors (Lipinski definition) is 1. The summed E-state index contributed by atoms with van der Waals surface area (Å²) in [6.07, 6.45) is 4.23. The highest BCUT2D eigenvalue weighted by Crippen LogP contribution is 2.13. The summed E-state index contributed by atoms with van der Waals surface area (Å²) in [4.78, 5) is -0.291. The van der Waals surface area contributed by atoms with E-state index in [2.05, 4.69) is 0 Å². The first-order valence-corrected chi connectivity index (χ1v) is 6.28. The first-order valence-electron chi connectivity index (χ1n) is 5.21. The van der Waals surface area contributed by atoms with E-state index in [0.717, 1.165) is 0 Å². The second kappa shape index (κ2) is 5.26. The van der Waals surface area contributed by atoms with Crippen LogP contribution in [0.4, 0.5) is 4.39 Å². The molecule has 0 aliphatic carbocycles. The molecule has 0 aromatic heterocycles. The van der Waals surface area contributed by atoms with Gasteiger partial charge in [-0.15, -0.1) is 0 Å². The van der Waals surface area contributed by atoms with Crippen molar-refractivity contribution in [1.29, 1.82) is 0 Å². The van der Waals surface area contributed by atoms with E-state index in [1.807, 2.05) is 0 Å². The Hall–Kier alpha value is -1.76. The van der Waals surface area contributed by atoms with Crippen molar-refractivity contribution in [3.05, 3.63) is 64.8 Å². The van der Waals surface area contributed by atoms with Crippen LogP contribution in [0.3, 0.4) is 0 Å². The molecule has 0 saturated heterocycles. The van der Waals surface area contributed by atoms with Gasteiger partial charge < -0.3 is 10.3 Å². The Bertz CT molecular complexity index is 654. The van der Waals surface area contributed by atoms with Gasteiger partial charge in [0.25, 0.3) is 15.3 Å². The zero-order chi connectivity index (χ0) is 13.1. The Morgan fingerprint density at radius 2 is 2.00 bits per heavy atom. The van der Waals surface area contributed by atoms with Crippen LogP contribution in [0.1, 0.15) is 5.56 Å². The quantitative estimate of drug-likeness (QED) is 0.615. The monoisotopic (exact) mass is 267 g/mol. The summed E-state index contributed by atoms with van der Waals surface area (Å²) in [5, 5.41) is 10.9. The van der Waals surface area contributed by atoms with E-state index in [1.54, 1.807) is 18.2 Å². The summed E-state index contributed by atoms with van der Waals surface area (Å²) in [6, 6.07) is 6.07. The second-order valence-corrected chi connectivity index (χ2v) is 4.62. The predicted octanol–water partition coefficient (Wildman–Crippen LogP) is 0.214. The summed E-state index contributed by atoms with van der Waals surface area (Å²) in [5.74, 6) is -0.420. The van der Waals surface area contributed by atoms with Gasteiger partial charge in [-0.3, -0.25) is 0 Å². The zero-order valence-electron chi connectivity index (χ0n) is 9.26. The van der Waals surface area contributed by atoms with E-state index in [9.17, 15) is 18.0 Å². The molecule has 1 aromatic rings. The molecular weight excluding hydrogens is 257 g/mol. The molecule has 0 spiro atoms. The number of hydrogen-bond acceptors (Lipinski definition) is 3. The highest BCUT2D eigenvalue weighted by Gasteiger charge is 2.19. The Morgan fingerprint density at radius 3 is 2.67 bits per heavy atom. The Kier molecular flexibility index (Phi) is 3.71. The van der Waals surface area contributed by atoms with E-state index >= 15 is 0 Å². The Morgan fingerprint density at radius 1 is 1.28 bits per heavy atom. The fourth-order valence-corrected chi connectivity index (χ4v) is 2.32. The van der Waals surface area contributed by atoms with Crippen LogP contribution in [0.5, 0.6) is 0 Å². The highest BCUT2D eigenvalue weighted by atomic mass is 32.2. The molecule has 2 rings (SSSR count). The molecular formula is C12H10FNO3S. The third-order valence-corrected chi connectivity index (χ3v) is 3.36. The van der Waals surface area contributed by atoms with Crippen LogP contribution in [0.15, 0.2) is 48.2 Å². The molecule has 0 radical (unpaired) electrons. The Labute approximate surface area is 105 Å². The summed E-state index contributed by atoms with van der Waals surface area (Å²) in [5.41, 5.74) is 0.663. The largest absolute Gasteiger partial charge is 0.623 e. The van der Waals surface area contributed by atoms with Gasteiger partial charge in [0.05, 0.1) is 0 Å². The van der Waals surface area contributed by atoms with Gasteiger partial charge in [0.2, 0.25) is 0 Å². The maximum Gasteiger partial charge on any atom is 0.277 e. The number of nitrogens with one attached hydrogen (secondary N) is 1. The molecule has 6 heteroatoms. The first-order chi connectivity index (χ1) is 8.59. The first kappa shape index (κ1) is 12.7. The number of halogens is 1. The van der Waals surface area contributed by atoms with Crippen molar-refractivity contribution in [3.8, 4) is 0 Å². The van der Waals surface area contributed by atoms with Crippen LogP contribution in [0.25, 0.3) is 0 Å². The van der Waals surface area contributed by atoms with Crippen LogP contribution in [-0.4, -0.2) is 13.4 Å². The van der Waals surface area contributed by atoms with Gasteiger partial charge in [0.15, 0.2) is 0 Å². The SMILES string of the molecule is O=S(=O)=C1C(Cc2ccccc2F)=CC=C[NH+]1[O-]. The van der Waals surface area contributed by atoms with Gasteiger partial charge in [-0.1, -0.05) is 18.2 Å². The molecule has 0 amide bonds. The molecule has 1 unspecified atom stereocenters. The third kappa shape index (κ3) is 2.56. The van der Waals surface area contributed by atoms with E-state index in [0.29, 0.717) is 11.1 Å². The van der Waals surface area contributed by atoms with Gasteiger partial charge in [-0.25, -0.2) is 4.39 Å². The second-order valence-electron chi connectivity index (χ2n) is 3.75. The summed E-state index contributed by atoms with van der Waals surface area (Å²) in [6.45, 7) is 0. The van der Waals surface area contributed by atoms with Gasteiger partial charge in [0.1, 0.15) is 12.0 Å². The molecule has 0 bridgehead atoms. The molecule has 0 fully saturated rings. The fourth-order valence-electron chi connectivity index (χ4n) is 1.74. The van der Waals surface area contributed by atoms with Crippen LogP contribution in [-0.2, 0) is 16.7 Å². The maximum absolute atomic E-state index is 13.5. The average molecular weight is 267 g/mol. The van der Waals surface area contributed by atoms with E-state index < -0.39 is 21.2 Å². The number of benzene rings is 1. The summed E-state index contributed by atoms with van der Waals surface area (Å²) >= 11 is 0. The number of quaternary nitrogens is 1. The van der Waals surface area contributed by atoms with E-state index in [-0.39, 0.29) is 11.4 Å². The number of hydroxylamine groups is 2. The molecule has 1 N–H and O–H groups in total. The zero-order valence-corrected chi connectivity index (χ0v) is 10.1. The molecule has 1 aliphatic rings. The van der Waals surface area contributed by atoms with Crippen molar-refractivity contribution in [1.82, 2.24) is 0 Å². The minimum absolute atomic E-state index is 0.0755. The smallest absolute Gasteiger partial charge is 0.277 e. The average Bonchev–Trinajstić information content (AvgIpc) is 2.31. The number of rotatable bonds is 2. The van der Waals surface area contributed by atoms with E-state index in [1.165, 1.54) is 24.4 Å². The lowest BCUT2D eigenvalue weighted by molar-refractivity contribution is -0.680. The molecule has 1 aromatic carbocycles. The molecule has 0 saturated carbocycles. The van der Waals surface area contributed by atoms with Crippen molar-refractivity contribution in [3.63, 3.8) is 0 Å². The highest BCUT2D eigenvalue weighted by molar-refractivity contribution is 7.72. The van der Waals surface area contributed by atoms with Crippen LogP contribution in [0.2, 0.25) is 0 Å². The minimum atomic E-state index is -2.62. The standard InChI is InChI=1S/C12H10FNO3S/c13-11-6-2-1-4-9(11)8-10-5-3-7-14(15)12(10)18(16)17/h1-7,14H,8H2. The molecule has 1 heterocycles. The van der Waals surface area contributed by atoms with Crippen LogP contribution in [0, 0.1) is 11.0 Å². The van der Waals surface area contributed by atoms with Crippen molar-refractivity contribution < 1.29 is 17.9 Å². The van der Waals surface area contributed by atoms with Crippen LogP contribution >= 0.6 is 0 Å². The third-order valence-electron chi connectivity index (χ3n) is 2.57. The van der Waals surface area contributed by atoms with Gasteiger partial charge in [-0.05, 0) is 23.8 Å². The van der Waals surface area contributed by atoms with Crippen molar-refractivity contribution in [2.24, 2.45) is 0 Å².